The highest BCUT2D eigenvalue weighted by molar-refractivity contribution is 5.85. The Morgan fingerprint density at radius 2 is 1.80 bits per heavy atom. The predicted molar refractivity (Wildman–Crippen MR) is 62.8 cm³/mol. The van der Waals surface area contributed by atoms with Gasteiger partial charge in [-0.05, 0) is 19.8 Å². The number of nitrogens with one attached hydrogen (secondary N) is 1. The van der Waals surface area contributed by atoms with Crippen molar-refractivity contribution < 1.29 is 33.0 Å². The Bertz CT molecular complexity index is 370. The standard InChI is InChI=1S/C12H18F3NO4/c1-6(17)9(11(19)20)16-10(18)7-4-2-3-5-8(7)12(13,14)15/h6-9,17H,2-5H2,1H3,(H,16,18)(H,19,20). The number of aliphatic hydroxyl groups is 1. The van der Waals surface area contributed by atoms with Crippen LogP contribution in [0, 0.1) is 11.8 Å². The Labute approximate surface area is 114 Å². The fourth-order valence-electron chi connectivity index (χ4n) is 2.49. The zero-order valence-corrected chi connectivity index (χ0v) is 11.0. The first-order valence-electron chi connectivity index (χ1n) is 6.42. The average molecular weight is 297 g/mol. The summed E-state index contributed by atoms with van der Waals surface area (Å²) in [6, 6.07) is -1.60. The smallest absolute Gasteiger partial charge is 0.392 e. The van der Waals surface area contributed by atoms with Crippen LogP contribution in [0.2, 0.25) is 0 Å². The molecule has 0 heterocycles. The number of halogens is 3. The molecule has 0 aromatic rings. The highest BCUT2D eigenvalue weighted by Crippen LogP contribution is 2.41. The molecule has 20 heavy (non-hydrogen) atoms. The summed E-state index contributed by atoms with van der Waals surface area (Å²) in [5, 5.41) is 20.1. The van der Waals surface area contributed by atoms with Crippen LogP contribution < -0.4 is 5.32 Å². The number of carbonyl (C=O) groups excluding carboxylic acids is 1. The number of aliphatic carboxylic acids is 1. The second kappa shape index (κ2) is 6.43. The highest BCUT2D eigenvalue weighted by atomic mass is 19.4. The summed E-state index contributed by atoms with van der Waals surface area (Å²) in [6.45, 7) is 1.15. The molecule has 1 aliphatic rings. The number of alkyl halides is 3. The van der Waals surface area contributed by atoms with Crippen molar-refractivity contribution in [3.05, 3.63) is 0 Å². The van der Waals surface area contributed by atoms with Crippen LogP contribution in [0.3, 0.4) is 0 Å². The summed E-state index contributed by atoms with van der Waals surface area (Å²) in [6.07, 6.45) is -5.03. The summed E-state index contributed by atoms with van der Waals surface area (Å²) in [7, 11) is 0. The molecule has 4 atom stereocenters. The molecule has 0 spiro atoms. The van der Waals surface area contributed by atoms with Crippen LogP contribution in [-0.4, -0.2) is 40.4 Å². The normalized spacial score (nSPS) is 26.6. The lowest BCUT2D eigenvalue weighted by molar-refractivity contribution is -0.198. The fraction of sp³-hybridized carbons (Fsp3) is 0.833. The third-order valence-electron chi connectivity index (χ3n) is 3.57. The van der Waals surface area contributed by atoms with E-state index in [1.807, 2.05) is 5.32 Å². The molecule has 1 aliphatic carbocycles. The molecule has 1 rings (SSSR count). The Morgan fingerprint density at radius 1 is 1.25 bits per heavy atom. The van der Waals surface area contributed by atoms with Gasteiger partial charge in [-0.2, -0.15) is 13.2 Å². The van der Waals surface area contributed by atoms with Gasteiger partial charge >= 0.3 is 12.1 Å². The van der Waals surface area contributed by atoms with Crippen molar-refractivity contribution in [3.63, 3.8) is 0 Å². The molecule has 0 aromatic heterocycles. The number of carbonyl (C=O) groups is 2. The SMILES string of the molecule is CC(O)C(NC(=O)C1CCCCC1C(F)(F)F)C(=O)O. The van der Waals surface area contributed by atoms with Gasteiger partial charge < -0.3 is 15.5 Å². The molecule has 0 aliphatic heterocycles. The van der Waals surface area contributed by atoms with Crippen LogP contribution >= 0.6 is 0 Å². The van der Waals surface area contributed by atoms with E-state index in [9.17, 15) is 27.9 Å². The number of hydrogen-bond donors (Lipinski definition) is 3. The molecular formula is C12H18F3NO4. The number of hydrogen-bond acceptors (Lipinski definition) is 3. The Morgan fingerprint density at radius 3 is 2.25 bits per heavy atom. The van der Waals surface area contributed by atoms with Crippen LogP contribution in [0.5, 0.6) is 0 Å². The second-order valence-electron chi connectivity index (χ2n) is 5.10. The van der Waals surface area contributed by atoms with E-state index in [1.165, 1.54) is 0 Å². The fourth-order valence-corrected chi connectivity index (χ4v) is 2.49. The zero-order valence-electron chi connectivity index (χ0n) is 11.0. The molecule has 4 unspecified atom stereocenters. The van der Waals surface area contributed by atoms with E-state index in [1.54, 1.807) is 0 Å². The van der Waals surface area contributed by atoms with Gasteiger partial charge in [0.15, 0.2) is 6.04 Å². The lowest BCUT2D eigenvalue weighted by Crippen LogP contribution is -2.52. The average Bonchev–Trinajstić information content (AvgIpc) is 2.33. The summed E-state index contributed by atoms with van der Waals surface area (Å²) in [4.78, 5) is 22.7. The summed E-state index contributed by atoms with van der Waals surface area (Å²) in [5.41, 5.74) is 0. The number of rotatable bonds is 4. The van der Waals surface area contributed by atoms with Crippen LogP contribution in [0.15, 0.2) is 0 Å². The Kier molecular flexibility index (Phi) is 5.38. The molecular weight excluding hydrogens is 279 g/mol. The van der Waals surface area contributed by atoms with E-state index in [-0.39, 0.29) is 12.8 Å². The molecule has 116 valence electrons. The van der Waals surface area contributed by atoms with Gasteiger partial charge in [0.2, 0.25) is 5.91 Å². The molecule has 0 radical (unpaired) electrons. The highest BCUT2D eigenvalue weighted by Gasteiger charge is 2.48. The number of carboxylic acid groups (broad SMARTS) is 1. The third kappa shape index (κ3) is 4.09. The van der Waals surface area contributed by atoms with Crippen molar-refractivity contribution in [1.82, 2.24) is 5.32 Å². The first-order chi connectivity index (χ1) is 9.14. The minimum absolute atomic E-state index is 0.0716. The second-order valence-corrected chi connectivity index (χ2v) is 5.10. The maximum atomic E-state index is 12.9. The third-order valence-corrected chi connectivity index (χ3v) is 3.57. The van der Waals surface area contributed by atoms with E-state index in [0.717, 1.165) is 6.92 Å². The summed E-state index contributed by atoms with van der Waals surface area (Å²) < 4.78 is 38.6. The van der Waals surface area contributed by atoms with Crippen molar-refractivity contribution in [2.24, 2.45) is 11.8 Å². The van der Waals surface area contributed by atoms with Gasteiger partial charge in [0.25, 0.3) is 0 Å². The van der Waals surface area contributed by atoms with Gasteiger partial charge in [-0.3, -0.25) is 4.79 Å². The predicted octanol–water partition coefficient (Wildman–Crippen LogP) is 1.31. The Hall–Kier alpha value is -1.31. The summed E-state index contributed by atoms with van der Waals surface area (Å²) in [5.74, 6) is -5.47. The van der Waals surface area contributed by atoms with Gasteiger partial charge in [-0.1, -0.05) is 12.8 Å². The molecule has 3 N–H and O–H groups in total. The molecule has 0 bridgehead atoms. The van der Waals surface area contributed by atoms with Gasteiger partial charge in [0.05, 0.1) is 12.0 Å². The summed E-state index contributed by atoms with van der Waals surface area (Å²) >= 11 is 0. The topological polar surface area (TPSA) is 86.6 Å². The Balaban J connectivity index is 2.80. The van der Waals surface area contributed by atoms with Gasteiger partial charge in [-0.25, -0.2) is 4.79 Å². The molecule has 5 nitrogen and oxygen atoms in total. The first-order valence-corrected chi connectivity index (χ1v) is 6.42. The molecule has 1 amide bonds. The van der Waals surface area contributed by atoms with Crippen molar-refractivity contribution in [3.8, 4) is 0 Å². The molecule has 0 saturated heterocycles. The molecule has 1 fully saturated rings. The quantitative estimate of drug-likeness (QED) is 0.730. The van der Waals surface area contributed by atoms with Crippen molar-refractivity contribution in [2.75, 3.05) is 0 Å². The van der Waals surface area contributed by atoms with Gasteiger partial charge in [-0.15, -0.1) is 0 Å². The van der Waals surface area contributed by atoms with Gasteiger partial charge in [0.1, 0.15) is 0 Å². The molecule has 1 saturated carbocycles. The van der Waals surface area contributed by atoms with E-state index in [2.05, 4.69) is 0 Å². The molecule has 0 aromatic carbocycles. The zero-order chi connectivity index (χ0) is 15.5. The lowest BCUT2D eigenvalue weighted by atomic mass is 9.78. The van der Waals surface area contributed by atoms with E-state index >= 15 is 0 Å². The monoisotopic (exact) mass is 297 g/mol. The largest absolute Gasteiger partial charge is 0.480 e. The maximum absolute atomic E-state index is 12.9. The molecule has 8 heteroatoms. The van der Waals surface area contributed by atoms with Crippen molar-refractivity contribution in [1.29, 1.82) is 0 Å². The first kappa shape index (κ1) is 16.7. The van der Waals surface area contributed by atoms with Crippen LogP contribution in [0.4, 0.5) is 13.2 Å². The lowest BCUT2D eigenvalue weighted by Gasteiger charge is -2.33. The van der Waals surface area contributed by atoms with Crippen molar-refractivity contribution in [2.45, 2.75) is 50.9 Å². The van der Waals surface area contributed by atoms with Crippen LogP contribution in [-0.2, 0) is 9.59 Å². The number of carboxylic acids is 1. The number of aliphatic hydroxyl groups excluding tert-OH is 1. The van der Waals surface area contributed by atoms with E-state index < -0.39 is 42.0 Å². The van der Waals surface area contributed by atoms with Crippen LogP contribution in [0.1, 0.15) is 32.6 Å². The minimum Gasteiger partial charge on any atom is -0.480 e. The number of amides is 1. The van der Waals surface area contributed by atoms with E-state index in [4.69, 9.17) is 5.11 Å². The van der Waals surface area contributed by atoms with Crippen molar-refractivity contribution >= 4 is 11.9 Å². The minimum atomic E-state index is -4.48. The van der Waals surface area contributed by atoms with Crippen LogP contribution in [0.25, 0.3) is 0 Å². The van der Waals surface area contributed by atoms with E-state index in [0.29, 0.717) is 12.8 Å². The van der Waals surface area contributed by atoms with Gasteiger partial charge in [0, 0.05) is 5.92 Å². The maximum Gasteiger partial charge on any atom is 0.392 e.